The maximum Gasteiger partial charge on any atom is -0.0874 e. The molecule has 0 heterocycles. The van der Waals surface area contributed by atoms with E-state index in [1.165, 1.54) is 19.3 Å². The fourth-order valence-corrected chi connectivity index (χ4v) is 1.10. The van der Waals surface area contributed by atoms with E-state index >= 15 is 0 Å². The molecule has 1 fully saturated rings. The molecule has 0 nitrogen and oxygen atoms in total. The van der Waals surface area contributed by atoms with Gasteiger partial charge in [0, 0.05) is 0 Å². The quantitative estimate of drug-likeness (QED) is 0.422. The molecule has 0 radical (unpaired) electrons. The van der Waals surface area contributed by atoms with E-state index in [9.17, 15) is 0 Å². The normalized spacial score (nSPS) is 22.9. The second-order valence-corrected chi connectivity index (χ2v) is 3.71. The van der Waals surface area contributed by atoms with Gasteiger partial charge in [-0.3, -0.25) is 0 Å². The van der Waals surface area contributed by atoms with Crippen LogP contribution in [0.4, 0.5) is 0 Å². The summed E-state index contributed by atoms with van der Waals surface area (Å²) >= 11 is 0. The van der Waals surface area contributed by atoms with Gasteiger partial charge in [0.15, 0.2) is 0 Å². The molecule has 0 aromatic rings. The molecule has 1 rings (SSSR count). The molecule has 8 heavy (non-hydrogen) atoms. The maximum absolute atomic E-state index is 2.31. The van der Waals surface area contributed by atoms with Crippen LogP contribution in [0.2, 0.25) is 0 Å². The van der Waals surface area contributed by atoms with Gasteiger partial charge in [0.25, 0.3) is 0 Å². The molecule has 0 spiro atoms. The van der Waals surface area contributed by atoms with Gasteiger partial charge in [0.05, 0.1) is 0 Å². The van der Waals surface area contributed by atoms with Crippen molar-refractivity contribution in [1.29, 1.82) is 0 Å². The standard InChI is InChI=1S/C8H15/c1-8(2,3)7-5-4-6-7/h4-6H2,1-3H3/q-1. The summed E-state index contributed by atoms with van der Waals surface area (Å²) in [7, 11) is 0. The molecule has 0 saturated heterocycles. The van der Waals surface area contributed by atoms with Crippen molar-refractivity contribution < 1.29 is 0 Å². The van der Waals surface area contributed by atoms with Crippen LogP contribution >= 0.6 is 0 Å². The molecular weight excluding hydrogens is 96.1 g/mol. The molecule has 0 aromatic heterocycles. The fourth-order valence-electron chi connectivity index (χ4n) is 1.10. The lowest BCUT2D eigenvalue weighted by Crippen LogP contribution is -2.24. The van der Waals surface area contributed by atoms with E-state index in [2.05, 4.69) is 20.8 Å². The largest absolute Gasteiger partial charge is 0.309 e. The van der Waals surface area contributed by atoms with Gasteiger partial charge < -0.3 is 5.92 Å². The summed E-state index contributed by atoms with van der Waals surface area (Å²) in [5, 5.41) is 0. The molecule has 1 aliphatic carbocycles. The van der Waals surface area contributed by atoms with Crippen LogP contribution in [0.15, 0.2) is 0 Å². The Morgan fingerprint density at radius 3 is 1.62 bits per heavy atom. The smallest absolute Gasteiger partial charge is 0.0874 e. The van der Waals surface area contributed by atoms with Crippen molar-refractivity contribution in [2.45, 2.75) is 40.0 Å². The van der Waals surface area contributed by atoms with Crippen LogP contribution in [0.1, 0.15) is 40.0 Å². The molecular formula is C8H15-. The van der Waals surface area contributed by atoms with E-state index in [0.717, 1.165) is 0 Å². The van der Waals surface area contributed by atoms with E-state index in [4.69, 9.17) is 0 Å². The molecule has 0 unspecified atom stereocenters. The average molecular weight is 111 g/mol. The van der Waals surface area contributed by atoms with Crippen LogP contribution in [0, 0.1) is 11.3 Å². The Hall–Kier alpha value is 0. The molecule has 0 amide bonds. The first-order chi connectivity index (χ1) is 3.61. The number of rotatable bonds is 0. The molecule has 0 heteroatoms. The third kappa shape index (κ3) is 1.04. The van der Waals surface area contributed by atoms with Crippen molar-refractivity contribution >= 4 is 0 Å². The first-order valence-electron chi connectivity index (χ1n) is 3.46. The summed E-state index contributed by atoms with van der Waals surface area (Å²) in [6.45, 7) is 6.92. The van der Waals surface area contributed by atoms with Gasteiger partial charge in [-0.2, -0.15) is 18.3 Å². The highest BCUT2D eigenvalue weighted by molar-refractivity contribution is 5.06. The second kappa shape index (κ2) is 1.75. The summed E-state index contributed by atoms with van der Waals surface area (Å²) in [6.07, 6.45) is 4.22. The van der Waals surface area contributed by atoms with Gasteiger partial charge >= 0.3 is 0 Å². The van der Waals surface area contributed by atoms with Crippen LogP contribution in [0.3, 0.4) is 0 Å². The Kier molecular flexibility index (Phi) is 1.34. The minimum Gasteiger partial charge on any atom is -0.309 e. The van der Waals surface area contributed by atoms with Gasteiger partial charge in [0.1, 0.15) is 0 Å². The van der Waals surface area contributed by atoms with Crippen molar-refractivity contribution in [2.75, 3.05) is 0 Å². The lowest BCUT2D eigenvalue weighted by Gasteiger charge is -2.52. The Labute approximate surface area is 52.3 Å². The van der Waals surface area contributed by atoms with E-state index in [-0.39, 0.29) is 0 Å². The van der Waals surface area contributed by atoms with E-state index in [0.29, 0.717) is 5.41 Å². The van der Waals surface area contributed by atoms with Crippen molar-refractivity contribution in [3.05, 3.63) is 5.92 Å². The van der Waals surface area contributed by atoms with Crippen LogP contribution in [-0.2, 0) is 0 Å². The predicted octanol–water partition coefficient (Wildman–Crippen LogP) is 2.79. The summed E-state index contributed by atoms with van der Waals surface area (Å²) in [6, 6.07) is 0. The minimum atomic E-state index is 0.512. The van der Waals surface area contributed by atoms with Gasteiger partial charge in [-0.1, -0.05) is 20.8 Å². The van der Waals surface area contributed by atoms with Gasteiger partial charge in [0.2, 0.25) is 0 Å². The van der Waals surface area contributed by atoms with E-state index in [1.54, 1.807) is 5.92 Å². The topological polar surface area (TPSA) is 0 Å². The highest BCUT2D eigenvalue weighted by atomic mass is 14.3. The first kappa shape index (κ1) is 6.12. The van der Waals surface area contributed by atoms with Crippen molar-refractivity contribution in [2.24, 2.45) is 5.41 Å². The zero-order valence-corrected chi connectivity index (χ0v) is 6.12. The Bertz CT molecular complexity index is 72.5. The average Bonchev–Trinajstić information content (AvgIpc) is 1.16. The molecule has 0 aliphatic heterocycles. The van der Waals surface area contributed by atoms with E-state index in [1.807, 2.05) is 0 Å². The van der Waals surface area contributed by atoms with Gasteiger partial charge in [-0.15, -0.1) is 6.42 Å². The number of hydrogen-bond donors (Lipinski definition) is 0. The molecule has 1 saturated carbocycles. The first-order valence-corrected chi connectivity index (χ1v) is 3.46. The van der Waals surface area contributed by atoms with E-state index < -0.39 is 0 Å². The molecule has 0 atom stereocenters. The molecule has 0 aromatic carbocycles. The summed E-state index contributed by atoms with van der Waals surface area (Å²) in [5.41, 5.74) is 0.512. The molecule has 1 aliphatic rings. The lowest BCUT2D eigenvalue weighted by atomic mass is 9.69. The minimum absolute atomic E-state index is 0.512. The van der Waals surface area contributed by atoms with Crippen LogP contribution in [0.25, 0.3) is 0 Å². The fraction of sp³-hybridized carbons (Fsp3) is 0.875. The third-order valence-electron chi connectivity index (χ3n) is 2.02. The van der Waals surface area contributed by atoms with Crippen LogP contribution in [-0.4, -0.2) is 0 Å². The molecule has 0 N–H and O–H groups in total. The number of hydrogen-bond acceptors (Lipinski definition) is 0. The maximum atomic E-state index is 2.31. The summed E-state index contributed by atoms with van der Waals surface area (Å²) in [5.74, 6) is 1.76. The Balaban J connectivity index is 2.34. The van der Waals surface area contributed by atoms with Crippen molar-refractivity contribution in [3.8, 4) is 0 Å². The van der Waals surface area contributed by atoms with Gasteiger partial charge in [-0.25, -0.2) is 0 Å². The van der Waals surface area contributed by atoms with Gasteiger partial charge in [-0.05, 0) is 0 Å². The Morgan fingerprint density at radius 2 is 1.62 bits per heavy atom. The highest BCUT2D eigenvalue weighted by Crippen LogP contribution is 2.42. The summed E-state index contributed by atoms with van der Waals surface area (Å²) < 4.78 is 0. The van der Waals surface area contributed by atoms with Crippen molar-refractivity contribution in [1.82, 2.24) is 0 Å². The monoisotopic (exact) mass is 111 g/mol. The lowest BCUT2D eigenvalue weighted by molar-refractivity contribution is 0.320. The van der Waals surface area contributed by atoms with Crippen LogP contribution < -0.4 is 0 Å². The highest BCUT2D eigenvalue weighted by Gasteiger charge is 2.14. The zero-order valence-electron chi connectivity index (χ0n) is 6.12. The third-order valence-corrected chi connectivity index (χ3v) is 2.02. The Morgan fingerprint density at radius 1 is 1.12 bits per heavy atom. The predicted molar refractivity (Wildman–Crippen MR) is 36.5 cm³/mol. The zero-order chi connectivity index (χ0) is 6.20. The van der Waals surface area contributed by atoms with Crippen LogP contribution in [0.5, 0.6) is 0 Å². The summed E-state index contributed by atoms with van der Waals surface area (Å²) in [4.78, 5) is 0. The SMILES string of the molecule is CC(C)(C)[C-]1CCC1. The molecule has 0 bridgehead atoms. The molecule has 48 valence electrons. The van der Waals surface area contributed by atoms with Crippen molar-refractivity contribution in [3.63, 3.8) is 0 Å². The second-order valence-electron chi connectivity index (χ2n) is 3.71.